The minimum absolute atomic E-state index is 0.375. The summed E-state index contributed by atoms with van der Waals surface area (Å²) < 4.78 is 5.32. The third kappa shape index (κ3) is 6.53. The standard InChI is InChI=1S/C22H32N4O2.C2H4.C2H2/c1-2-3-13-28-22(27)25-19-14-17-18(15-20(19)26-11-7-8-12-26)24-21(23-17)16-9-5-4-6-10-16;2*1-2/h14-16H,2-13H2,1H3,(H,23,24)(H,25,27);1-2H2;1-2H. The quantitative estimate of drug-likeness (QED) is 0.302. The van der Waals surface area contributed by atoms with Crippen LogP contribution in [-0.4, -0.2) is 35.8 Å². The van der Waals surface area contributed by atoms with Gasteiger partial charge in [-0.2, -0.15) is 0 Å². The number of H-pyrrole nitrogens is 1. The summed E-state index contributed by atoms with van der Waals surface area (Å²) >= 11 is 0. The summed E-state index contributed by atoms with van der Waals surface area (Å²) in [6, 6.07) is 4.16. The van der Waals surface area contributed by atoms with E-state index in [1.807, 2.05) is 6.07 Å². The first-order chi connectivity index (χ1) is 15.7. The molecule has 174 valence electrons. The van der Waals surface area contributed by atoms with Crippen LogP contribution >= 0.6 is 0 Å². The number of aromatic nitrogens is 2. The fraction of sp³-hybridized carbons (Fsp3) is 0.538. The number of nitrogens with one attached hydrogen (secondary N) is 2. The molecule has 2 aromatic rings. The molecule has 0 atom stereocenters. The van der Waals surface area contributed by atoms with Gasteiger partial charge in [-0.3, -0.25) is 5.32 Å². The van der Waals surface area contributed by atoms with E-state index in [0.717, 1.165) is 54.2 Å². The number of benzene rings is 1. The van der Waals surface area contributed by atoms with Crippen LogP contribution in [0.2, 0.25) is 0 Å². The van der Waals surface area contributed by atoms with E-state index in [-0.39, 0.29) is 6.09 Å². The lowest BCUT2D eigenvalue weighted by Crippen LogP contribution is -2.21. The first-order valence-electron chi connectivity index (χ1n) is 11.8. The van der Waals surface area contributed by atoms with Gasteiger partial charge >= 0.3 is 6.09 Å². The molecule has 1 aliphatic carbocycles. The summed E-state index contributed by atoms with van der Waals surface area (Å²) in [6.45, 7) is 10.6. The van der Waals surface area contributed by atoms with Crippen molar-refractivity contribution in [2.45, 2.75) is 70.6 Å². The molecule has 4 rings (SSSR count). The molecule has 6 heteroatoms. The third-order valence-electron chi connectivity index (χ3n) is 6.02. The molecular formula is C26H38N4O2. The molecule has 2 heterocycles. The van der Waals surface area contributed by atoms with Crippen LogP contribution < -0.4 is 10.2 Å². The number of anilines is 2. The number of hydrogen-bond donors (Lipinski definition) is 2. The molecule has 2 N–H and O–H groups in total. The van der Waals surface area contributed by atoms with Gasteiger partial charge in [-0.25, -0.2) is 9.78 Å². The van der Waals surface area contributed by atoms with Crippen LogP contribution in [0.25, 0.3) is 11.0 Å². The Hall–Kier alpha value is -2.94. The minimum Gasteiger partial charge on any atom is -0.449 e. The number of terminal acetylenes is 1. The molecular weight excluding hydrogens is 400 g/mol. The number of hydrogen-bond acceptors (Lipinski definition) is 4. The van der Waals surface area contributed by atoms with Gasteiger partial charge in [-0.15, -0.1) is 26.0 Å². The van der Waals surface area contributed by atoms with Crippen molar-refractivity contribution in [3.63, 3.8) is 0 Å². The molecule has 6 nitrogen and oxygen atoms in total. The summed E-state index contributed by atoms with van der Waals surface area (Å²) in [5, 5.41) is 2.98. The molecule has 1 amide bonds. The second kappa shape index (κ2) is 13.5. The largest absolute Gasteiger partial charge is 0.449 e. The zero-order valence-electron chi connectivity index (χ0n) is 19.5. The molecule has 1 aliphatic heterocycles. The molecule has 0 spiro atoms. The minimum atomic E-state index is -0.375. The zero-order chi connectivity index (χ0) is 23.3. The number of carbonyl (C=O) groups excluding carboxylic acids is 1. The topological polar surface area (TPSA) is 70.2 Å². The van der Waals surface area contributed by atoms with Crippen LogP contribution in [0.4, 0.5) is 16.2 Å². The van der Waals surface area contributed by atoms with Crippen molar-refractivity contribution in [2.75, 3.05) is 29.9 Å². The van der Waals surface area contributed by atoms with E-state index in [1.165, 1.54) is 44.9 Å². The predicted octanol–water partition coefficient (Wildman–Crippen LogP) is 6.61. The highest BCUT2D eigenvalue weighted by atomic mass is 16.5. The maximum Gasteiger partial charge on any atom is 0.411 e. The number of amides is 1. The predicted molar refractivity (Wildman–Crippen MR) is 134 cm³/mol. The maximum absolute atomic E-state index is 12.3. The highest BCUT2D eigenvalue weighted by molar-refractivity contribution is 5.95. The normalized spacial score (nSPS) is 15.9. The third-order valence-corrected chi connectivity index (χ3v) is 6.02. The van der Waals surface area contributed by atoms with Crippen LogP contribution in [0, 0.1) is 12.8 Å². The van der Waals surface area contributed by atoms with Crippen LogP contribution in [-0.2, 0) is 4.74 Å². The SMILES string of the molecule is C#C.C=C.CCCCOC(=O)Nc1cc2[nH]c(C3CCCCC3)nc2cc1N1CCCC1. The number of unbranched alkanes of at least 4 members (excludes halogenated alkanes) is 1. The lowest BCUT2D eigenvalue weighted by atomic mass is 9.89. The first kappa shape index (κ1) is 25.3. The van der Waals surface area contributed by atoms with Gasteiger partial charge in [0.05, 0.1) is 29.0 Å². The van der Waals surface area contributed by atoms with Crippen molar-refractivity contribution in [3.8, 4) is 12.8 Å². The Morgan fingerprint density at radius 2 is 1.88 bits per heavy atom. The summed E-state index contributed by atoms with van der Waals surface area (Å²) in [5.74, 6) is 1.64. The lowest BCUT2D eigenvalue weighted by Gasteiger charge is -2.21. The van der Waals surface area contributed by atoms with Gasteiger partial charge in [-0.05, 0) is 44.2 Å². The van der Waals surface area contributed by atoms with Gasteiger partial charge in [-0.1, -0.05) is 32.6 Å². The lowest BCUT2D eigenvalue weighted by molar-refractivity contribution is 0.160. The van der Waals surface area contributed by atoms with Crippen molar-refractivity contribution >= 4 is 28.5 Å². The number of carbonyl (C=O) groups is 1. The summed E-state index contributed by atoms with van der Waals surface area (Å²) in [4.78, 5) is 23.1. The van der Waals surface area contributed by atoms with Crippen LogP contribution in [0.5, 0.6) is 0 Å². The van der Waals surface area contributed by atoms with Gasteiger partial charge in [0.15, 0.2) is 0 Å². The Bertz CT molecular complexity index is 861. The molecule has 0 unspecified atom stereocenters. The van der Waals surface area contributed by atoms with E-state index in [9.17, 15) is 4.79 Å². The number of imidazole rings is 1. The average Bonchev–Trinajstić information content (AvgIpc) is 3.52. The molecule has 0 bridgehead atoms. The van der Waals surface area contributed by atoms with Crippen molar-refractivity contribution < 1.29 is 9.53 Å². The van der Waals surface area contributed by atoms with E-state index in [4.69, 9.17) is 9.72 Å². The average molecular weight is 439 g/mol. The summed E-state index contributed by atoms with van der Waals surface area (Å²) in [6.07, 6.45) is 18.2. The van der Waals surface area contributed by atoms with Gasteiger partial charge < -0.3 is 14.6 Å². The van der Waals surface area contributed by atoms with E-state index in [1.54, 1.807) is 0 Å². The molecule has 1 aromatic carbocycles. The highest BCUT2D eigenvalue weighted by Crippen LogP contribution is 2.36. The van der Waals surface area contributed by atoms with Gasteiger partial charge in [0.1, 0.15) is 5.82 Å². The Labute approximate surface area is 192 Å². The maximum atomic E-state index is 12.3. The second-order valence-electron chi connectivity index (χ2n) is 8.15. The molecule has 1 aromatic heterocycles. The van der Waals surface area contributed by atoms with Gasteiger partial charge in [0.2, 0.25) is 0 Å². The zero-order valence-corrected chi connectivity index (χ0v) is 19.5. The van der Waals surface area contributed by atoms with E-state index < -0.39 is 0 Å². The first-order valence-corrected chi connectivity index (χ1v) is 11.8. The van der Waals surface area contributed by atoms with Crippen LogP contribution in [0.15, 0.2) is 25.3 Å². The molecule has 2 aliphatic rings. The fourth-order valence-electron chi connectivity index (χ4n) is 4.41. The molecule has 0 radical (unpaired) electrons. The number of fused-ring (bicyclic) bond motifs is 1. The van der Waals surface area contributed by atoms with Gasteiger partial charge in [0, 0.05) is 19.0 Å². The molecule has 1 saturated carbocycles. The van der Waals surface area contributed by atoms with Crippen molar-refractivity contribution in [2.24, 2.45) is 0 Å². The number of rotatable bonds is 6. The van der Waals surface area contributed by atoms with E-state index in [0.29, 0.717) is 12.5 Å². The summed E-state index contributed by atoms with van der Waals surface area (Å²) in [7, 11) is 0. The summed E-state index contributed by atoms with van der Waals surface area (Å²) in [5.41, 5.74) is 3.86. The highest BCUT2D eigenvalue weighted by Gasteiger charge is 2.22. The van der Waals surface area contributed by atoms with E-state index >= 15 is 0 Å². The number of nitrogens with zero attached hydrogens (tertiary/aromatic N) is 2. The number of aromatic amines is 1. The number of ether oxygens (including phenoxy) is 1. The Morgan fingerprint density at radius 1 is 1.19 bits per heavy atom. The molecule has 2 fully saturated rings. The smallest absolute Gasteiger partial charge is 0.411 e. The Morgan fingerprint density at radius 3 is 2.53 bits per heavy atom. The Balaban J connectivity index is 0.000000860. The Kier molecular flexibility index (Phi) is 10.7. The van der Waals surface area contributed by atoms with Crippen molar-refractivity contribution in [3.05, 3.63) is 31.1 Å². The van der Waals surface area contributed by atoms with Crippen LogP contribution in [0.1, 0.15) is 76.5 Å². The van der Waals surface area contributed by atoms with E-state index in [2.05, 4.69) is 54.2 Å². The van der Waals surface area contributed by atoms with Crippen molar-refractivity contribution in [1.82, 2.24) is 9.97 Å². The second-order valence-corrected chi connectivity index (χ2v) is 8.15. The van der Waals surface area contributed by atoms with Gasteiger partial charge in [0.25, 0.3) is 0 Å². The molecule has 1 saturated heterocycles. The van der Waals surface area contributed by atoms with Crippen molar-refractivity contribution in [1.29, 1.82) is 0 Å². The monoisotopic (exact) mass is 438 g/mol. The fourth-order valence-corrected chi connectivity index (χ4v) is 4.41. The van der Waals surface area contributed by atoms with Crippen LogP contribution in [0.3, 0.4) is 0 Å². The molecule has 32 heavy (non-hydrogen) atoms.